The highest BCUT2D eigenvalue weighted by molar-refractivity contribution is 9.10. The third-order valence-electron chi connectivity index (χ3n) is 4.48. The maximum Gasteiger partial charge on any atom is 0.250 e. The Morgan fingerprint density at radius 2 is 1.97 bits per heavy atom. The molecule has 3 aromatic carbocycles. The largest absolute Gasteiger partial charge is 0.493 e. The number of thioether (sulfide) groups is 1. The van der Waals surface area contributed by atoms with E-state index in [9.17, 15) is 4.79 Å². The van der Waals surface area contributed by atoms with Crippen molar-refractivity contribution in [2.75, 3.05) is 12.9 Å². The molecule has 4 rings (SSSR count). The molecule has 0 saturated heterocycles. The summed E-state index contributed by atoms with van der Waals surface area (Å²) in [6.45, 7) is 0.422. The van der Waals surface area contributed by atoms with Gasteiger partial charge in [0, 0.05) is 0 Å². The fraction of sp³-hybridized carbons (Fsp3) is 0.125. The van der Waals surface area contributed by atoms with Gasteiger partial charge in [-0.2, -0.15) is 5.10 Å². The van der Waals surface area contributed by atoms with Gasteiger partial charge in [0.25, 0.3) is 5.91 Å². The number of aromatic nitrogens is 1. The Kier molecular flexibility index (Phi) is 7.98. The number of rotatable bonds is 9. The summed E-state index contributed by atoms with van der Waals surface area (Å²) in [6.07, 6.45) is 1.56. The van der Waals surface area contributed by atoms with Gasteiger partial charge in [0.05, 0.1) is 33.8 Å². The van der Waals surface area contributed by atoms with Gasteiger partial charge in [-0.1, -0.05) is 54.2 Å². The van der Waals surface area contributed by atoms with E-state index in [1.165, 1.54) is 11.8 Å². The number of ether oxygens (including phenoxy) is 2. The number of benzene rings is 3. The van der Waals surface area contributed by atoms with Crippen molar-refractivity contribution in [3.8, 4) is 11.5 Å². The molecular weight excluding hydrogens is 522 g/mol. The van der Waals surface area contributed by atoms with Crippen LogP contribution in [-0.2, 0) is 11.4 Å². The van der Waals surface area contributed by atoms with Crippen LogP contribution in [0.15, 0.2) is 80.6 Å². The lowest BCUT2D eigenvalue weighted by Crippen LogP contribution is -2.19. The van der Waals surface area contributed by atoms with Crippen molar-refractivity contribution < 1.29 is 14.3 Å². The Morgan fingerprint density at radius 3 is 2.76 bits per heavy atom. The molecule has 6 nitrogen and oxygen atoms in total. The zero-order chi connectivity index (χ0) is 23.0. The van der Waals surface area contributed by atoms with Crippen LogP contribution in [0.25, 0.3) is 10.2 Å². The Balaban J connectivity index is 1.33. The van der Waals surface area contributed by atoms with E-state index >= 15 is 0 Å². The number of hydrazone groups is 1. The van der Waals surface area contributed by atoms with Crippen LogP contribution in [0.2, 0.25) is 0 Å². The standard InChI is InChI=1S/C24H20BrN3O3S2/c1-30-20-12-17(11-18(25)23(20)31-14-16-7-3-2-4-8-16)13-26-28-22(29)15-32-24-27-19-9-5-6-10-21(19)33-24/h2-13H,14-15H2,1H3,(H,28,29)/b26-13-. The second-order valence-electron chi connectivity index (χ2n) is 6.84. The summed E-state index contributed by atoms with van der Waals surface area (Å²) in [4.78, 5) is 16.7. The molecule has 1 heterocycles. The first-order valence-electron chi connectivity index (χ1n) is 9.97. The van der Waals surface area contributed by atoms with Gasteiger partial charge in [-0.15, -0.1) is 11.3 Å². The summed E-state index contributed by atoms with van der Waals surface area (Å²) >= 11 is 6.50. The number of carbonyl (C=O) groups is 1. The monoisotopic (exact) mass is 541 g/mol. The number of para-hydroxylation sites is 1. The van der Waals surface area contributed by atoms with E-state index in [1.807, 2.05) is 60.7 Å². The van der Waals surface area contributed by atoms with E-state index in [0.717, 1.165) is 30.2 Å². The number of halogens is 1. The van der Waals surface area contributed by atoms with Crippen molar-refractivity contribution >= 4 is 61.4 Å². The van der Waals surface area contributed by atoms with Crippen LogP contribution < -0.4 is 14.9 Å². The first-order valence-corrected chi connectivity index (χ1v) is 12.6. The quantitative estimate of drug-likeness (QED) is 0.162. The maximum atomic E-state index is 12.2. The predicted octanol–water partition coefficient (Wildman–Crippen LogP) is 5.89. The highest BCUT2D eigenvalue weighted by Gasteiger charge is 2.12. The van der Waals surface area contributed by atoms with E-state index < -0.39 is 0 Å². The van der Waals surface area contributed by atoms with Gasteiger partial charge >= 0.3 is 0 Å². The number of nitrogens with zero attached hydrogens (tertiary/aromatic N) is 2. The van der Waals surface area contributed by atoms with E-state index in [2.05, 4.69) is 31.4 Å². The molecule has 0 spiro atoms. The number of amides is 1. The van der Waals surface area contributed by atoms with Crippen molar-refractivity contribution in [3.05, 3.63) is 82.3 Å². The maximum absolute atomic E-state index is 12.2. The topological polar surface area (TPSA) is 72.8 Å². The minimum Gasteiger partial charge on any atom is -0.493 e. The van der Waals surface area contributed by atoms with Crippen molar-refractivity contribution in [2.45, 2.75) is 10.9 Å². The third kappa shape index (κ3) is 6.34. The fourth-order valence-corrected chi connectivity index (χ4v) is 5.37. The Bertz CT molecular complexity index is 1250. The Hall–Kier alpha value is -2.88. The molecule has 0 aliphatic carbocycles. The minimum atomic E-state index is -0.204. The molecule has 9 heteroatoms. The second kappa shape index (κ2) is 11.3. The van der Waals surface area contributed by atoms with E-state index in [1.54, 1.807) is 30.7 Å². The van der Waals surface area contributed by atoms with E-state index in [4.69, 9.17) is 9.47 Å². The molecule has 33 heavy (non-hydrogen) atoms. The van der Waals surface area contributed by atoms with Crippen molar-refractivity contribution in [1.82, 2.24) is 10.4 Å². The average molecular weight is 542 g/mol. The Labute approximate surface area is 208 Å². The van der Waals surface area contributed by atoms with Crippen LogP contribution >= 0.6 is 39.0 Å². The second-order valence-corrected chi connectivity index (χ2v) is 9.95. The van der Waals surface area contributed by atoms with Crippen LogP contribution in [0.5, 0.6) is 11.5 Å². The molecule has 0 aliphatic rings. The highest BCUT2D eigenvalue weighted by Crippen LogP contribution is 2.37. The van der Waals surface area contributed by atoms with Crippen LogP contribution in [0, 0.1) is 0 Å². The van der Waals surface area contributed by atoms with Crippen LogP contribution in [0.1, 0.15) is 11.1 Å². The summed E-state index contributed by atoms with van der Waals surface area (Å²) in [5.74, 6) is 1.20. The van der Waals surface area contributed by atoms with Gasteiger partial charge in [0.15, 0.2) is 15.8 Å². The molecule has 0 bridgehead atoms. The van der Waals surface area contributed by atoms with Gasteiger partial charge in [0.2, 0.25) is 0 Å². The van der Waals surface area contributed by atoms with E-state index in [0.29, 0.717) is 18.1 Å². The minimum absolute atomic E-state index is 0.204. The van der Waals surface area contributed by atoms with Gasteiger partial charge < -0.3 is 9.47 Å². The molecule has 0 saturated carbocycles. The van der Waals surface area contributed by atoms with Crippen molar-refractivity contribution in [3.63, 3.8) is 0 Å². The highest BCUT2D eigenvalue weighted by atomic mass is 79.9. The molecule has 1 amide bonds. The lowest BCUT2D eigenvalue weighted by Gasteiger charge is -2.13. The molecule has 0 aliphatic heterocycles. The Morgan fingerprint density at radius 1 is 1.18 bits per heavy atom. The van der Waals surface area contributed by atoms with Crippen molar-refractivity contribution in [2.24, 2.45) is 5.10 Å². The molecule has 0 radical (unpaired) electrons. The molecule has 0 atom stereocenters. The SMILES string of the molecule is COc1cc(/C=N\NC(=O)CSc2nc3ccccc3s2)cc(Br)c1OCc1ccccc1. The lowest BCUT2D eigenvalue weighted by molar-refractivity contribution is -0.118. The first-order chi connectivity index (χ1) is 16.1. The smallest absolute Gasteiger partial charge is 0.250 e. The zero-order valence-electron chi connectivity index (χ0n) is 17.7. The summed E-state index contributed by atoms with van der Waals surface area (Å²) in [5.41, 5.74) is 5.31. The number of nitrogens with one attached hydrogen (secondary N) is 1. The summed E-state index contributed by atoms with van der Waals surface area (Å²) < 4.78 is 14.1. The third-order valence-corrected chi connectivity index (χ3v) is 7.25. The summed E-state index contributed by atoms with van der Waals surface area (Å²) in [6, 6.07) is 21.5. The number of methoxy groups -OCH3 is 1. The molecule has 168 valence electrons. The fourth-order valence-electron chi connectivity index (χ4n) is 2.94. The van der Waals surface area contributed by atoms with Gasteiger partial charge in [-0.3, -0.25) is 4.79 Å². The number of thiazole rings is 1. The first kappa shape index (κ1) is 23.3. The van der Waals surface area contributed by atoms with Crippen LogP contribution in [0.4, 0.5) is 0 Å². The zero-order valence-corrected chi connectivity index (χ0v) is 20.9. The van der Waals surface area contributed by atoms with Crippen LogP contribution in [-0.4, -0.2) is 30.0 Å². The summed E-state index contributed by atoms with van der Waals surface area (Å²) in [7, 11) is 1.58. The predicted molar refractivity (Wildman–Crippen MR) is 138 cm³/mol. The molecule has 4 aromatic rings. The number of hydrogen-bond donors (Lipinski definition) is 1. The molecular formula is C24H20BrN3O3S2. The molecule has 1 N–H and O–H groups in total. The molecule has 1 aromatic heterocycles. The normalized spacial score (nSPS) is 11.1. The van der Waals surface area contributed by atoms with Gasteiger partial charge in [0.1, 0.15) is 6.61 Å². The number of fused-ring (bicyclic) bond motifs is 1. The van der Waals surface area contributed by atoms with Gasteiger partial charge in [-0.25, -0.2) is 10.4 Å². The van der Waals surface area contributed by atoms with E-state index in [-0.39, 0.29) is 11.7 Å². The number of carbonyl (C=O) groups excluding carboxylic acids is 1. The average Bonchev–Trinajstić information content (AvgIpc) is 3.25. The van der Waals surface area contributed by atoms with Crippen LogP contribution in [0.3, 0.4) is 0 Å². The van der Waals surface area contributed by atoms with Gasteiger partial charge in [-0.05, 0) is 51.3 Å². The number of hydrogen-bond acceptors (Lipinski definition) is 7. The molecule has 0 unspecified atom stereocenters. The summed E-state index contributed by atoms with van der Waals surface area (Å²) in [5, 5.41) is 4.06. The lowest BCUT2D eigenvalue weighted by atomic mass is 10.2. The molecule has 0 fully saturated rings. The van der Waals surface area contributed by atoms with Crippen molar-refractivity contribution in [1.29, 1.82) is 0 Å².